The van der Waals surface area contributed by atoms with E-state index in [1.807, 2.05) is 0 Å². The van der Waals surface area contributed by atoms with Crippen molar-refractivity contribution in [3.8, 4) is 6.07 Å². The van der Waals surface area contributed by atoms with Crippen LogP contribution in [0, 0.1) is 18.3 Å². The van der Waals surface area contributed by atoms with E-state index >= 15 is 0 Å². The van der Waals surface area contributed by atoms with Gasteiger partial charge in [0.05, 0.1) is 11.3 Å². The van der Waals surface area contributed by atoms with E-state index in [0.717, 1.165) is 11.5 Å². The molecular formula is C12H9N3O4S2. The Kier molecular flexibility index (Phi) is 3.93. The molecule has 1 aromatic carbocycles. The third kappa shape index (κ3) is 2.86. The highest BCUT2D eigenvalue weighted by molar-refractivity contribution is 7.93. The minimum Gasteiger partial charge on any atom is -0.478 e. The summed E-state index contributed by atoms with van der Waals surface area (Å²) in [5.74, 6) is -1.27. The molecule has 0 bridgehead atoms. The summed E-state index contributed by atoms with van der Waals surface area (Å²) >= 11 is 0.735. The molecule has 0 aliphatic heterocycles. The number of anilines is 1. The van der Waals surface area contributed by atoms with E-state index in [1.165, 1.54) is 31.2 Å². The summed E-state index contributed by atoms with van der Waals surface area (Å²) < 4.78 is 30.6. The normalized spacial score (nSPS) is 10.9. The monoisotopic (exact) mass is 323 g/mol. The van der Waals surface area contributed by atoms with Crippen LogP contribution in [0.1, 0.15) is 21.6 Å². The van der Waals surface area contributed by atoms with Gasteiger partial charge in [0.2, 0.25) is 0 Å². The van der Waals surface area contributed by atoms with Crippen molar-refractivity contribution in [1.29, 1.82) is 5.26 Å². The number of carbonyl (C=O) groups is 1. The highest BCUT2D eigenvalue weighted by Gasteiger charge is 2.24. The minimum atomic E-state index is -4.06. The van der Waals surface area contributed by atoms with Crippen LogP contribution < -0.4 is 4.72 Å². The quantitative estimate of drug-likeness (QED) is 0.885. The van der Waals surface area contributed by atoms with E-state index in [9.17, 15) is 13.2 Å². The summed E-state index contributed by atoms with van der Waals surface area (Å²) in [6.45, 7) is 1.47. The van der Waals surface area contributed by atoms with Gasteiger partial charge in [0, 0.05) is 0 Å². The van der Waals surface area contributed by atoms with Crippen molar-refractivity contribution >= 4 is 32.5 Å². The minimum absolute atomic E-state index is 0.0249. The summed E-state index contributed by atoms with van der Waals surface area (Å²) in [6.07, 6.45) is 0. The van der Waals surface area contributed by atoms with Gasteiger partial charge in [0.1, 0.15) is 21.5 Å². The first-order valence-electron chi connectivity index (χ1n) is 5.58. The first-order chi connectivity index (χ1) is 9.86. The van der Waals surface area contributed by atoms with Crippen LogP contribution in [0.3, 0.4) is 0 Å². The van der Waals surface area contributed by atoms with E-state index in [2.05, 4.69) is 9.10 Å². The fraction of sp³-hybridized carbons (Fsp3) is 0.0833. The van der Waals surface area contributed by atoms with Gasteiger partial charge >= 0.3 is 5.97 Å². The second-order valence-corrected chi connectivity index (χ2v) is 6.41. The highest BCUT2D eigenvalue weighted by Crippen LogP contribution is 2.27. The zero-order chi connectivity index (χ0) is 15.6. The van der Waals surface area contributed by atoms with Gasteiger partial charge in [-0.2, -0.15) is 9.64 Å². The molecule has 108 valence electrons. The van der Waals surface area contributed by atoms with Gasteiger partial charge in [0.15, 0.2) is 0 Å². The Morgan fingerprint density at radius 1 is 1.43 bits per heavy atom. The molecule has 0 unspecified atom stereocenters. The van der Waals surface area contributed by atoms with Crippen molar-refractivity contribution in [3.05, 3.63) is 41.1 Å². The van der Waals surface area contributed by atoms with Crippen molar-refractivity contribution < 1.29 is 18.3 Å². The Hall–Kier alpha value is -2.44. The number of nitrogens with zero attached hydrogens (tertiary/aromatic N) is 2. The van der Waals surface area contributed by atoms with Crippen LogP contribution in [0.15, 0.2) is 29.2 Å². The summed E-state index contributed by atoms with van der Waals surface area (Å²) in [5, 5.41) is 17.9. The molecule has 1 heterocycles. The van der Waals surface area contributed by atoms with Crippen LogP contribution in [0.25, 0.3) is 0 Å². The average Bonchev–Trinajstić information content (AvgIpc) is 2.79. The number of hydrogen-bond acceptors (Lipinski definition) is 6. The van der Waals surface area contributed by atoms with Gasteiger partial charge in [-0.3, -0.25) is 4.72 Å². The lowest BCUT2D eigenvalue weighted by Crippen LogP contribution is -2.15. The second kappa shape index (κ2) is 5.51. The zero-order valence-corrected chi connectivity index (χ0v) is 12.3. The second-order valence-electron chi connectivity index (χ2n) is 3.99. The maximum atomic E-state index is 12.3. The molecule has 1 aromatic heterocycles. The van der Waals surface area contributed by atoms with Crippen molar-refractivity contribution in [1.82, 2.24) is 4.37 Å². The van der Waals surface area contributed by atoms with Crippen LogP contribution in [0.5, 0.6) is 0 Å². The third-order valence-corrected chi connectivity index (χ3v) is 4.99. The van der Waals surface area contributed by atoms with Crippen LogP contribution in [-0.2, 0) is 10.0 Å². The standard InChI is InChI=1S/C12H9N3O4S2/c1-7-10(12(16)17)11(20-14-7)15-21(18,19)9-5-3-2-4-8(9)6-13/h2-5,15H,1H3,(H,16,17). The molecule has 0 atom stereocenters. The van der Waals surface area contributed by atoms with Crippen LogP contribution >= 0.6 is 11.5 Å². The maximum Gasteiger partial charge on any atom is 0.340 e. The molecule has 2 N–H and O–H groups in total. The molecule has 0 aliphatic carbocycles. The van der Waals surface area contributed by atoms with Crippen molar-refractivity contribution in [2.45, 2.75) is 11.8 Å². The number of carboxylic acid groups (broad SMARTS) is 1. The van der Waals surface area contributed by atoms with Gasteiger partial charge in [-0.25, -0.2) is 13.2 Å². The lowest BCUT2D eigenvalue weighted by atomic mass is 10.2. The number of aromatic carboxylic acids is 1. The van der Waals surface area contributed by atoms with E-state index in [-0.39, 0.29) is 26.7 Å². The molecule has 0 spiro atoms. The van der Waals surface area contributed by atoms with E-state index in [4.69, 9.17) is 10.4 Å². The fourth-order valence-electron chi connectivity index (χ4n) is 1.66. The first-order valence-corrected chi connectivity index (χ1v) is 7.84. The molecule has 9 heteroatoms. The molecule has 0 fully saturated rings. The fourth-order valence-corrected chi connectivity index (χ4v) is 3.90. The van der Waals surface area contributed by atoms with E-state index in [1.54, 1.807) is 6.07 Å². The summed E-state index contributed by atoms with van der Waals surface area (Å²) in [5.41, 5.74) is -0.0000978. The van der Waals surface area contributed by atoms with Gasteiger partial charge in [-0.15, -0.1) is 0 Å². The Labute approximate surface area is 124 Å². The summed E-state index contributed by atoms with van der Waals surface area (Å²) in [6, 6.07) is 7.44. The molecule has 2 rings (SSSR count). The zero-order valence-electron chi connectivity index (χ0n) is 10.7. The number of aromatic nitrogens is 1. The van der Waals surface area contributed by atoms with Crippen molar-refractivity contribution in [3.63, 3.8) is 0 Å². The first kappa shape index (κ1) is 15.0. The molecule has 0 saturated heterocycles. The third-order valence-electron chi connectivity index (χ3n) is 2.60. The molecule has 21 heavy (non-hydrogen) atoms. The SMILES string of the molecule is Cc1nsc(NS(=O)(=O)c2ccccc2C#N)c1C(=O)O. The number of nitriles is 1. The number of benzene rings is 1. The summed E-state index contributed by atoms with van der Waals surface area (Å²) in [4.78, 5) is 10.9. The Balaban J connectivity index is 2.49. The van der Waals surface area contributed by atoms with E-state index in [0.29, 0.717) is 0 Å². The number of rotatable bonds is 4. The van der Waals surface area contributed by atoms with Gasteiger partial charge in [-0.1, -0.05) is 12.1 Å². The molecule has 0 amide bonds. The number of sulfonamides is 1. The lowest BCUT2D eigenvalue weighted by Gasteiger charge is -2.08. The average molecular weight is 323 g/mol. The topological polar surface area (TPSA) is 120 Å². The van der Waals surface area contributed by atoms with Crippen molar-refractivity contribution in [2.24, 2.45) is 0 Å². The number of hydrogen-bond donors (Lipinski definition) is 2. The molecule has 0 radical (unpaired) electrons. The molecule has 2 aromatic rings. The highest BCUT2D eigenvalue weighted by atomic mass is 32.2. The Bertz CT molecular complexity index is 850. The summed E-state index contributed by atoms with van der Waals surface area (Å²) in [7, 11) is -4.06. The Morgan fingerprint density at radius 2 is 2.10 bits per heavy atom. The van der Waals surface area contributed by atoms with Crippen LogP contribution in [0.4, 0.5) is 5.00 Å². The Morgan fingerprint density at radius 3 is 2.71 bits per heavy atom. The van der Waals surface area contributed by atoms with Gasteiger partial charge in [-0.05, 0) is 30.6 Å². The molecule has 0 aliphatic rings. The number of nitrogens with one attached hydrogen (secondary N) is 1. The van der Waals surface area contributed by atoms with Crippen LogP contribution in [0.2, 0.25) is 0 Å². The van der Waals surface area contributed by atoms with Gasteiger partial charge < -0.3 is 5.11 Å². The number of aryl methyl sites for hydroxylation is 1. The lowest BCUT2D eigenvalue weighted by molar-refractivity contribution is 0.0697. The predicted octanol–water partition coefficient (Wildman–Crippen LogP) is 1.82. The predicted molar refractivity (Wildman–Crippen MR) is 75.8 cm³/mol. The molecule has 0 saturated carbocycles. The largest absolute Gasteiger partial charge is 0.478 e. The maximum absolute atomic E-state index is 12.3. The van der Waals surface area contributed by atoms with Gasteiger partial charge in [0.25, 0.3) is 10.0 Å². The van der Waals surface area contributed by atoms with Crippen LogP contribution in [-0.4, -0.2) is 23.9 Å². The number of carboxylic acids is 1. The van der Waals surface area contributed by atoms with E-state index < -0.39 is 16.0 Å². The molecule has 7 nitrogen and oxygen atoms in total. The van der Waals surface area contributed by atoms with Crippen molar-refractivity contribution in [2.75, 3.05) is 4.72 Å². The molecular weight excluding hydrogens is 314 g/mol. The smallest absolute Gasteiger partial charge is 0.340 e.